The van der Waals surface area contributed by atoms with Crippen molar-refractivity contribution >= 4 is 10.0 Å². The van der Waals surface area contributed by atoms with E-state index in [1.807, 2.05) is 0 Å². The van der Waals surface area contributed by atoms with Crippen molar-refractivity contribution in [2.75, 3.05) is 19.3 Å². The first kappa shape index (κ1) is 14.9. The van der Waals surface area contributed by atoms with Gasteiger partial charge < -0.3 is 5.11 Å². The molecule has 1 N–H and O–H groups in total. The van der Waals surface area contributed by atoms with Crippen LogP contribution in [0.1, 0.15) is 24.8 Å². The topological polar surface area (TPSA) is 57.6 Å². The van der Waals surface area contributed by atoms with E-state index in [2.05, 4.69) is 0 Å². The lowest BCUT2D eigenvalue weighted by Gasteiger charge is -2.41. The summed E-state index contributed by atoms with van der Waals surface area (Å²) in [6.45, 7) is 0.775. The number of nitrogens with zero attached hydrogens (tertiary/aromatic N) is 1. The normalized spacial score (nSPS) is 33.9. The van der Waals surface area contributed by atoms with Gasteiger partial charge in [-0.25, -0.2) is 17.1 Å². The molecule has 3 atom stereocenters. The van der Waals surface area contributed by atoms with Gasteiger partial charge in [-0.1, -0.05) is 12.1 Å². The molecule has 116 valence electrons. The zero-order valence-electron chi connectivity index (χ0n) is 12.0. The van der Waals surface area contributed by atoms with Crippen LogP contribution in [0.3, 0.4) is 0 Å². The van der Waals surface area contributed by atoms with E-state index in [4.69, 9.17) is 0 Å². The molecular formula is C15H20FNO3S. The van der Waals surface area contributed by atoms with E-state index in [-0.39, 0.29) is 17.7 Å². The van der Waals surface area contributed by atoms with E-state index in [1.165, 1.54) is 22.7 Å². The second-order valence-electron chi connectivity index (χ2n) is 6.27. The van der Waals surface area contributed by atoms with Crippen LogP contribution in [0.25, 0.3) is 0 Å². The lowest BCUT2D eigenvalue weighted by molar-refractivity contribution is -0.0642. The molecule has 0 unspecified atom stereocenters. The monoisotopic (exact) mass is 313 g/mol. The number of benzene rings is 1. The number of rotatable bonds is 2. The van der Waals surface area contributed by atoms with Crippen molar-refractivity contribution in [3.05, 3.63) is 35.6 Å². The number of sulfonamides is 1. The summed E-state index contributed by atoms with van der Waals surface area (Å²) in [7, 11) is -3.25. The van der Waals surface area contributed by atoms with Crippen LogP contribution in [0.15, 0.2) is 24.3 Å². The van der Waals surface area contributed by atoms with Crippen molar-refractivity contribution in [2.45, 2.75) is 24.9 Å². The summed E-state index contributed by atoms with van der Waals surface area (Å²) in [5.74, 6) is -0.398. The maximum absolute atomic E-state index is 13.5. The van der Waals surface area contributed by atoms with Crippen LogP contribution < -0.4 is 0 Å². The molecule has 1 aromatic carbocycles. The van der Waals surface area contributed by atoms with Crippen molar-refractivity contribution in [2.24, 2.45) is 11.8 Å². The molecule has 2 fully saturated rings. The molecule has 2 aliphatic rings. The largest absolute Gasteiger partial charge is 0.385 e. The third-order valence-corrected chi connectivity index (χ3v) is 6.18. The zero-order chi connectivity index (χ0) is 15.3. The Morgan fingerprint density at radius 3 is 2.81 bits per heavy atom. The van der Waals surface area contributed by atoms with Gasteiger partial charge >= 0.3 is 0 Å². The molecule has 6 heteroatoms. The fourth-order valence-electron chi connectivity index (χ4n) is 3.87. The van der Waals surface area contributed by atoms with Gasteiger partial charge in [0.15, 0.2) is 0 Å². The Kier molecular flexibility index (Phi) is 3.58. The Bertz CT molecular complexity index is 648. The lowest BCUT2D eigenvalue weighted by Crippen LogP contribution is -2.43. The van der Waals surface area contributed by atoms with Gasteiger partial charge in [0, 0.05) is 19.0 Å². The van der Waals surface area contributed by atoms with Crippen molar-refractivity contribution in [1.29, 1.82) is 0 Å². The van der Waals surface area contributed by atoms with E-state index in [9.17, 15) is 17.9 Å². The van der Waals surface area contributed by atoms with Crippen LogP contribution in [-0.2, 0) is 15.6 Å². The highest BCUT2D eigenvalue weighted by Crippen LogP contribution is 2.48. The van der Waals surface area contributed by atoms with Gasteiger partial charge in [-0.15, -0.1) is 0 Å². The summed E-state index contributed by atoms with van der Waals surface area (Å²) in [6.07, 6.45) is 3.49. The summed E-state index contributed by atoms with van der Waals surface area (Å²) in [5, 5.41) is 11.1. The Hall–Kier alpha value is -0.980. The lowest BCUT2D eigenvalue weighted by atomic mass is 9.67. The van der Waals surface area contributed by atoms with Gasteiger partial charge in [0.1, 0.15) is 5.82 Å². The molecule has 0 amide bonds. The molecule has 0 aromatic heterocycles. The number of halogens is 1. The molecule has 3 rings (SSSR count). The highest BCUT2D eigenvalue weighted by molar-refractivity contribution is 7.88. The Labute approximate surface area is 124 Å². The summed E-state index contributed by atoms with van der Waals surface area (Å²) < 4.78 is 38.5. The minimum absolute atomic E-state index is 0.141. The summed E-state index contributed by atoms with van der Waals surface area (Å²) >= 11 is 0. The van der Waals surface area contributed by atoms with E-state index < -0.39 is 15.6 Å². The quantitative estimate of drug-likeness (QED) is 0.904. The first-order valence-electron chi connectivity index (χ1n) is 7.24. The van der Waals surface area contributed by atoms with Crippen molar-refractivity contribution in [3.8, 4) is 0 Å². The molecule has 4 nitrogen and oxygen atoms in total. The fraction of sp³-hybridized carbons (Fsp3) is 0.600. The predicted molar refractivity (Wildman–Crippen MR) is 77.5 cm³/mol. The second-order valence-corrected chi connectivity index (χ2v) is 8.26. The number of aliphatic hydroxyl groups is 1. The summed E-state index contributed by atoms with van der Waals surface area (Å²) in [6, 6.07) is 6.04. The van der Waals surface area contributed by atoms with Crippen molar-refractivity contribution in [3.63, 3.8) is 0 Å². The van der Waals surface area contributed by atoms with Crippen molar-refractivity contribution in [1.82, 2.24) is 4.31 Å². The van der Waals surface area contributed by atoms with Crippen LogP contribution in [0, 0.1) is 17.7 Å². The van der Waals surface area contributed by atoms with Crippen LogP contribution in [-0.4, -0.2) is 37.2 Å². The van der Waals surface area contributed by atoms with Crippen LogP contribution in [0.5, 0.6) is 0 Å². The zero-order valence-corrected chi connectivity index (χ0v) is 12.8. The van der Waals surface area contributed by atoms with Gasteiger partial charge in [0.25, 0.3) is 0 Å². The molecular weight excluding hydrogens is 293 g/mol. The molecule has 21 heavy (non-hydrogen) atoms. The maximum Gasteiger partial charge on any atom is 0.211 e. The minimum atomic E-state index is -3.25. The molecule has 1 saturated carbocycles. The van der Waals surface area contributed by atoms with Gasteiger partial charge in [-0.05, 0) is 42.9 Å². The van der Waals surface area contributed by atoms with Crippen LogP contribution in [0.4, 0.5) is 4.39 Å². The van der Waals surface area contributed by atoms with Crippen LogP contribution >= 0.6 is 0 Å². The van der Waals surface area contributed by atoms with Crippen molar-refractivity contribution < 1.29 is 17.9 Å². The highest BCUT2D eigenvalue weighted by atomic mass is 32.2. The Balaban J connectivity index is 1.96. The van der Waals surface area contributed by atoms with E-state index >= 15 is 0 Å². The van der Waals surface area contributed by atoms with E-state index in [0.717, 1.165) is 12.8 Å². The highest BCUT2D eigenvalue weighted by Gasteiger charge is 2.51. The first-order valence-corrected chi connectivity index (χ1v) is 9.09. The second kappa shape index (κ2) is 5.04. The maximum atomic E-state index is 13.5. The molecule has 0 spiro atoms. The molecule has 0 bridgehead atoms. The van der Waals surface area contributed by atoms with Gasteiger partial charge in [0.05, 0.1) is 11.9 Å². The fourth-order valence-corrected chi connectivity index (χ4v) is 4.76. The molecule has 0 radical (unpaired) electrons. The standard InChI is InChI=1S/C15H20FNO3S/c1-21(19,20)17-9-11-4-3-7-15(18,14(11)10-17)12-5-2-6-13(16)8-12/h2,5-6,8,11,14,18H,3-4,7,9-10H2,1H3/t11-,14-,15-/m0/s1. The molecule has 1 aliphatic carbocycles. The van der Waals surface area contributed by atoms with E-state index in [1.54, 1.807) is 12.1 Å². The van der Waals surface area contributed by atoms with Gasteiger partial charge in [-0.3, -0.25) is 0 Å². The van der Waals surface area contributed by atoms with E-state index in [0.29, 0.717) is 25.1 Å². The third-order valence-electron chi connectivity index (χ3n) is 4.95. The molecule has 1 aliphatic heterocycles. The number of fused-ring (bicyclic) bond motifs is 1. The molecule has 1 heterocycles. The molecule has 1 saturated heterocycles. The average molecular weight is 313 g/mol. The first-order chi connectivity index (χ1) is 9.80. The minimum Gasteiger partial charge on any atom is -0.385 e. The SMILES string of the molecule is CS(=O)(=O)N1C[C@@H]2CCC[C@](O)(c3cccc(F)c3)[C@H]2C1. The predicted octanol–water partition coefficient (Wildman–Crippen LogP) is 1.70. The Morgan fingerprint density at radius 1 is 1.38 bits per heavy atom. The Morgan fingerprint density at radius 2 is 2.14 bits per heavy atom. The number of hydrogen-bond donors (Lipinski definition) is 1. The van der Waals surface area contributed by atoms with Gasteiger partial charge in [-0.2, -0.15) is 0 Å². The smallest absolute Gasteiger partial charge is 0.211 e. The summed E-state index contributed by atoms with van der Waals surface area (Å²) in [4.78, 5) is 0. The van der Waals surface area contributed by atoms with Gasteiger partial charge in [0.2, 0.25) is 10.0 Å². The number of hydrogen-bond acceptors (Lipinski definition) is 3. The van der Waals surface area contributed by atoms with Crippen LogP contribution in [0.2, 0.25) is 0 Å². The average Bonchev–Trinajstić information content (AvgIpc) is 2.84. The summed E-state index contributed by atoms with van der Waals surface area (Å²) in [5.41, 5.74) is -0.572. The molecule has 1 aromatic rings. The third kappa shape index (κ3) is 2.60.